The molecular formula is C52H36N3OP. The van der Waals surface area contributed by atoms with E-state index in [-0.39, 0.29) is 0 Å². The Hall–Kier alpha value is -7.00. The summed E-state index contributed by atoms with van der Waals surface area (Å²) in [7, 11) is -3.12. The fourth-order valence-electron chi connectivity index (χ4n) is 8.16. The Morgan fingerprint density at radius 3 is 1.47 bits per heavy atom. The number of aromatic nitrogens is 3. The third-order valence-corrected chi connectivity index (χ3v) is 13.9. The number of aryl methyl sites for hydroxylation is 1. The Balaban J connectivity index is 1.20. The first-order valence-electron chi connectivity index (χ1n) is 19.1. The molecule has 57 heavy (non-hydrogen) atoms. The smallest absolute Gasteiger partial charge is 0.171 e. The van der Waals surface area contributed by atoms with Gasteiger partial charge in [-0.1, -0.05) is 188 Å². The van der Waals surface area contributed by atoms with Gasteiger partial charge in [-0.25, -0.2) is 15.0 Å². The topological polar surface area (TPSA) is 55.7 Å². The lowest BCUT2D eigenvalue weighted by Gasteiger charge is -2.21. The molecule has 4 nitrogen and oxygen atoms in total. The van der Waals surface area contributed by atoms with E-state index in [1.54, 1.807) is 0 Å². The van der Waals surface area contributed by atoms with Crippen LogP contribution in [0.5, 0.6) is 0 Å². The van der Waals surface area contributed by atoms with Crippen LogP contribution < -0.4 is 15.9 Å². The van der Waals surface area contributed by atoms with Crippen LogP contribution in [0.4, 0.5) is 0 Å². The van der Waals surface area contributed by atoms with E-state index < -0.39 is 7.14 Å². The fourth-order valence-corrected chi connectivity index (χ4v) is 10.8. The molecule has 0 unspecified atom stereocenters. The van der Waals surface area contributed by atoms with Gasteiger partial charge in [0.05, 0.1) is 33.6 Å². The van der Waals surface area contributed by atoms with E-state index in [2.05, 4.69) is 91.9 Å². The number of rotatable bonds is 7. The molecule has 0 saturated heterocycles. The first-order valence-corrected chi connectivity index (χ1v) is 20.8. The molecule has 5 heteroatoms. The Morgan fingerprint density at radius 2 is 0.860 bits per heavy atom. The van der Waals surface area contributed by atoms with Gasteiger partial charge in [0.2, 0.25) is 0 Å². The maximum atomic E-state index is 15.2. The SMILES string of the molecule is Cc1cc2nc(-c3ccccc3)c(-c3ccccc3)nc2c2c1c(-c1ccccc1-c1ccc(P(=O)(c3ccccc3)c3ccccc3)cc1)nc1ccccc12. The van der Waals surface area contributed by atoms with Crippen LogP contribution >= 0.6 is 7.14 Å². The minimum absolute atomic E-state index is 0.792. The molecule has 0 fully saturated rings. The van der Waals surface area contributed by atoms with Crippen LogP contribution in [0, 0.1) is 6.92 Å². The highest BCUT2D eigenvalue weighted by Gasteiger charge is 2.30. The highest BCUT2D eigenvalue weighted by molar-refractivity contribution is 7.85. The fraction of sp³-hybridized carbons (Fsp3) is 0.0192. The van der Waals surface area contributed by atoms with Crippen molar-refractivity contribution < 1.29 is 4.57 Å². The van der Waals surface area contributed by atoms with Crippen molar-refractivity contribution in [2.45, 2.75) is 6.92 Å². The van der Waals surface area contributed by atoms with E-state index >= 15 is 4.57 Å². The first-order chi connectivity index (χ1) is 28.1. The van der Waals surface area contributed by atoms with Gasteiger partial charge in [0.15, 0.2) is 7.14 Å². The second-order valence-electron chi connectivity index (χ2n) is 14.3. The zero-order valence-electron chi connectivity index (χ0n) is 31.2. The number of hydrogen-bond donors (Lipinski definition) is 0. The number of hydrogen-bond acceptors (Lipinski definition) is 4. The molecule has 0 saturated carbocycles. The van der Waals surface area contributed by atoms with Crippen LogP contribution in [0.1, 0.15) is 5.56 Å². The Labute approximate surface area is 331 Å². The molecule has 2 aromatic heterocycles. The summed E-state index contributed by atoms with van der Waals surface area (Å²) in [5.74, 6) is 0. The van der Waals surface area contributed by atoms with Crippen molar-refractivity contribution in [3.8, 4) is 44.9 Å². The molecule has 10 rings (SSSR count). The van der Waals surface area contributed by atoms with Gasteiger partial charge in [-0.05, 0) is 35.7 Å². The number of nitrogens with zero attached hydrogens (tertiary/aromatic N) is 3. The quantitative estimate of drug-likeness (QED) is 0.120. The van der Waals surface area contributed by atoms with Crippen molar-refractivity contribution in [3.05, 3.63) is 206 Å². The highest BCUT2D eigenvalue weighted by atomic mass is 31.2. The molecule has 0 aliphatic carbocycles. The second-order valence-corrected chi connectivity index (χ2v) is 17.1. The lowest BCUT2D eigenvalue weighted by atomic mass is 9.91. The van der Waals surface area contributed by atoms with Crippen LogP contribution in [0.2, 0.25) is 0 Å². The summed E-state index contributed by atoms with van der Waals surface area (Å²) in [4.78, 5) is 16.3. The lowest BCUT2D eigenvalue weighted by Crippen LogP contribution is -2.24. The molecule has 0 amide bonds. The Morgan fingerprint density at radius 1 is 0.386 bits per heavy atom. The van der Waals surface area contributed by atoms with Crippen molar-refractivity contribution in [2.24, 2.45) is 0 Å². The normalized spacial score (nSPS) is 11.7. The average Bonchev–Trinajstić information content (AvgIpc) is 3.29. The van der Waals surface area contributed by atoms with Crippen LogP contribution in [0.25, 0.3) is 77.6 Å². The summed E-state index contributed by atoms with van der Waals surface area (Å²) < 4.78 is 15.2. The second kappa shape index (κ2) is 14.3. The monoisotopic (exact) mass is 749 g/mol. The molecule has 0 radical (unpaired) electrons. The Kier molecular flexibility index (Phi) is 8.62. The van der Waals surface area contributed by atoms with E-state index in [0.717, 1.165) is 99.1 Å². The van der Waals surface area contributed by atoms with Crippen LogP contribution in [0.15, 0.2) is 200 Å². The first kappa shape index (κ1) is 34.5. The third-order valence-electron chi connectivity index (χ3n) is 10.9. The van der Waals surface area contributed by atoms with Gasteiger partial charge in [-0.15, -0.1) is 0 Å². The van der Waals surface area contributed by atoms with E-state index in [1.807, 2.05) is 115 Å². The van der Waals surface area contributed by atoms with Crippen LogP contribution in [-0.4, -0.2) is 15.0 Å². The van der Waals surface area contributed by atoms with E-state index in [0.29, 0.717) is 0 Å². The van der Waals surface area contributed by atoms with Gasteiger partial charge in [0.25, 0.3) is 0 Å². The summed E-state index contributed by atoms with van der Waals surface area (Å²) in [5, 5.41) is 5.53. The molecule has 0 N–H and O–H groups in total. The molecule has 10 aromatic rings. The summed E-state index contributed by atoms with van der Waals surface area (Å²) in [5.41, 5.74) is 11.3. The highest BCUT2D eigenvalue weighted by Crippen LogP contribution is 2.45. The number of fused-ring (bicyclic) bond motifs is 5. The zero-order chi connectivity index (χ0) is 38.3. The third kappa shape index (κ3) is 5.94. The van der Waals surface area contributed by atoms with Gasteiger partial charge in [-0.3, -0.25) is 0 Å². The molecule has 0 bridgehead atoms. The maximum absolute atomic E-state index is 15.2. The minimum Gasteiger partial charge on any atom is -0.309 e. The van der Waals surface area contributed by atoms with E-state index in [9.17, 15) is 0 Å². The summed E-state index contributed by atoms with van der Waals surface area (Å²) in [6.45, 7) is 2.15. The summed E-state index contributed by atoms with van der Waals surface area (Å²) in [6.07, 6.45) is 0. The predicted molar refractivity (Wildman–Crippen MR) is 238 cm³/mol. The Bertz CT molecular complexity index is 3090. The van der Waals surface area contributed by atoms with Crippen LogP contribution in [0.3, 0.4) is 0 Å². The van der Waals surface area contributed by atoms with Crippen molar-refractivity contribution in [3.63, 3.8) is 0 Å². The number of para-hydroxylation sites is 1. The number of pyridine rings is 1. The van der Waals surface area contributed by atoms with Crippen molar-refractivity contribution in [1.82, 2.24) is 15.0 Å². The minimum atomic E-state index is -3.12. The molecule has 270 valence electrons. The van der Waals surface area contributed by atoms with Gasteiger partial charge in [0.1, 0.15) is 0 Å². The van der Waals surface area contributed by atoms with E-state index in [4.69, 9.17) is 15.0 Å². The molecule has 0 aliphatic heterocycles. The van der Waals surface area contributed by atoms with Gasteiger partial charge in [-0.2, -0.15) is 0 Å². The molecule has 0 atom stereocenters. The predicted octanol–water partition coefficient (Wildman–Crippen LogP) is 11.9. The van der Waals surface area contributed by atoms with E-state index in [1.165, 1.54) is 0 Å². The molecular weight excluding hydrogens is 714 g/mol. The molecule has 8 aromatic carbocycles. The summed E-state index contributed by atoms with van der Waals surface area (Å²) >= 11 is 0. The number of benzene rings is 8. The lowest BCUT2D eigenvalue weighted by molar-refractivity contribution is 0.592. The van der Waals surface area contributed by atoms with Crippen molar-refractivity contribution >= 4 is 55.8 Å². The van der Waals surface area contributed by atoms with Gasteiger partial charge < -0.3 is 4.57 Å². The van der Waals surface area contributed by atoms with Crippen molar-refractivity contribution in [1.29, 1.82) is 0 Å². The largest absolute Gasteiger partial charge is 0.309 e. The molecule has 0 spiro atoms. The van der Waals surface area contributed by atoms with Crippen molar-refractivity contribution in [2.75, 3.05) is 0 Å². The maximum Gasteiger partial charge on any atom is 0.171 e. The summed E-state index contributed by atoms with van der Waals surface area (Å²) in [6, 6.07) is 67.5. The van der Waals surface area contributed by atoms with Crippen LogP contribution in [-0.2, 0) is 4.57 Å². The average molecular weight is 750 g/mol. The van der Waals surface area contributed by atoms with Gasteiger partial charge >= 0.3 is 0 Å². The standard InChI is InChI=1S/C52H36N3OP/c1-35-34-46-52(55-50(38-20-8-3-9-21-38)49(54-46)37-18-6-2-7-19-37)48-44-28-16-17-29-45(44)53-51(47(35)48)43-27-15-14-26-42(43)36-30-32-41(33-31-36)57(56,39-22-10-4-11-23-39)40-24-12-5-13-25-40/h2-34H,1H3. The molecule has 2 heterocycles. The zero-order valence-corrected chi connectivity index (χ0v) is 32.1. The molecule has 0 aliphatic rings. The van der Waals surface area contributed by atoms with Gasteiger partial charge in [0, 0.05) is 48.8 Å².